The molecule has 0 spiro atoms. The van der Waals surface area contributed by atoms with Crippen LogP contribution in [0.2, 0.25) is 0 Å². The summed E-state index contributed by atoms with van der Waals surface area (Å²) in [4.78, 5) is 15.3. The lowest BCUT2D eigenvalue weighted by Gasteiger charge is -2.06. The number of aromatic nitrogens is 2. The molecule has 1 N–H and O–H groups in total. The zero-order valence-corrected chi connectivity index (χ0v) is 12.6. The molecule has 3 rings (SSSR count). The van der Waals surface area contributed by atoms with Gasteiger partial charge < -0.3 is 9.67 Å². The molecular formula is C13H13BrN2O2S. The number of thioether (sulfide) groups is 1. The largest absolute Gasteiger partial charge is 0.481 e. The van der Waals surface area contributed by atoms with Crippen LogP contribution in [0.25, 0.3) is 11.0 Å². The second-order valence-corrected chi connectivity index (χ2v) is 6.62. The zero-order valence-electron chi connectivity index (χ0n) is 10.2. The fourth-order valence-electron chi connectivity index (χ4n) is 2.05. The normalized spacial score (nSPS) is 15.0. The zero-order chi connectivity index (χ0) is 13.4. The number of benzene rings is 1. The molecule has 1 aliphatic rings. The molecule has 1 saturated carbocycles. The molecule has 6 heteroatoms. The van der Waals surface area contributed by atoms with E-state index < -0.39 is 5.97 Å². The molecule has 0 aliphatic heterocycles. The smallest absolute Gasteiger partial charge is 0.313 e. The first-order valence-electron chi connectivity index (χ1n) is 6.14. The van der Waals surface area contributed by atoms with Crippen molar-refractivity contribution in [3.8, 4) is 0 Å². The van der Waals surface area contributed by atoms with Gasteiger partial charge in [0.05, 0.1) is 16.8 Å². The van der Waals surface area contributed by atoms with Crippen molar-refractivity contribution in [1.82, 2.24) is 9.55 Å². The van der Waals surface area contributed by atoms with E-state index in [-0.39, 0.29) is 5.75 Å². The first-order valence-corrected chi connectivity index (χ1v) is 7.92. The van der Waals surface area contributed by atoms with Crippen molar-refractivity contribution in [3.05, 3.63) is 22.7 Å². The number of imidazole rings is 1. The Morgan fingerprint density at radius 2 is 2.32 bits per heavy atom. The van der Waals surface area contributed by atoms with Crippen molar-refractivity contribution in [3.63, 3.8) is 0 Å². The van der Waals surface area contributed by atoms with Gasteiger partial charge in [0.15, 0.2) is 5.16 Å². The van der Waals surface area contributed by atoms with E-state index in [1.54, 1.807) is 0 Å². The topological polar surface area (TPSA) is 55.1 Å². The first kappa shape index (κ1) is 13.0. The molecule has 0 atom stereocenters. The number of hydrogen-bond donors (Lipinski definition) is 1. The van der Waals surface area contributed by atoms with Crippen LogP contribution in [0.3, 0.4) is 0 Å². The monoisotopic (exact) mass is 340 g/mol. The van der Waals surface area contributed by atoms with Gasteiger partial charge in [-0.1, -0.05) is 27.7 Å². The van der Waals surface area contributed by atoms with E-state index in [0.29, 0.717) is 0 Å². The van der Waals surface area contributed by atoms with Gasteiger partial charge in [0.1, 0.15) is 0 Å². The Kier molecular flexibility index (Phi) is 3.54. The van der Waals surface area contributed by atoms with E-state index in [2.05, 4.69) is 25.5 Å². The molecule has 0 amide bonds. The van der Waals surface area contributed by atoms with Crippen LogP contribution >= 0.6 is 27.7 Å². The first-order chi connectivity index (χ1) is 9.13. The maximum absolute atomic E-state index is 10.7. The summed E-state index contributed by atoms with van der Waals surface area (Å²) in [6, 6.07) is 6.02. The van der Waals surface area contributed by atoms with Crippen LogP contribution in [0, 0.1) is 5.92 Å². The van der Waals surface area contributed by atoms with Gasteiger partial charge >= 0.3 is 5.97 Å². The summed E-state index contributed by atoms with van der Waals surface area (Å²) < 4.78 is 3.15. The van der Waals surface area contributed by atoms with Crippen molar-refractivity contribution in [2.24, 2.45) is 5.92 Å². The van der Waals surface area contributed by atoms with Gasteiger partial charge in [0.2, 0.25) is 0 Å². The Hall–Kier alpha value is -1.01. The van der Waals surface area contributed by atoms with Gasteiger partial charge in [0.25, 0.3) is 0 Å². The van der Waals surface area contributed by atoms with Crippen LogP contribution in [0.15, 0.2) is 27.8 Å². The maximum atomic E-state index is 10.7. The lowest BCUT2D eigenvalue weighted by Crippen LogP contribution is -2.04. The number of rotatable bonds is 5. The van der Waals surface area contributed by atoms with Crippen LogP contribution in [-0.4, -0.2) is 26.4 Å². The SMILES string of the molecule is O=C(O)CSc1nc2cc(Br)ccc2n1CC1CC1. The third-order valence-electron chi connectivity index (χ3n) is 3.14. The molecule has 1 aliphatic carbocycles. The van der Waals surface area contributed by atoms with Crippen molar-refractivity contribution < 1.29 is 9.90 Å². The molecule has 0 saturated heterocycles. The summed E-state index contributed by atoms with van der Waals surface area (Å²) in [6.07, 6.45) is 2.53. The van der Waals surface area contributed by atoms with E-state index in [1.807, 2.05) is 18.2 Å². The highest BCUT2D eigenvalue weighted by atomic mass is 79.9. The van der Waals surface area contributed by atoms with E-state index in [1.165, 1.54) is 24.6 Å². The Morgan fingerprint density at radius 1 is 1.53 bits per heavy atom. The Labute approximate surface area is 123 Å². The van der Waals surface area contributed by atoms with E-state index in [0.717, 1.165) is 33.1 Å². The number of aliphatic carboxylic acids is 1. The second kappa shape index (κ2) is 5.17. The number of fused-ring (bicyclic) bond motifs is 1. The molecule has 2 aromatic rings. The summed E-state index contributed by atoms with van der Waals surface area (Å²) in [7, 11) is 0. The number of carboxylic acid groups (broad SMARTS) is 1. The fourth-order valence-corrected chi connectivity index (χ4v) is 3.15. The van der Waals surface area contributed by atoms with Crippen molar-refractivity contribution in [1.29, 1.82) is 0 Å². The van der Waals surface area contributed by atoms with E-state index in [4.69, 9.17) is 5.11 Å². The van der Waals surface area contributed by atoms with Gasteiger partial charge in [-0.15, -0.1) is 0 Å². The average molecular weight is 341 g/mol. The quantitative estimate of drug-likeness (QED) is 0.847. The highest BCUT2D eigenvalue weighted by Gasteiger charge is 2.24. The van der Waals surface area contributed by atoms with Crippen LogP contribution in [0.1, 0.15) is 12.8 Å². The molecule has 1 aromatic heterocycles. The van der Waals surface area contributed by atoms with Gasteiger partial charge in [-0.3, -0.25) is 4.79 Å². The summed E-state index contributed by atoms with van der Waals surface area (Å²) in [5.74, 6) is -0.0313. The number of halogens is 1. The molecule has 1 heterocycles. The molecule has 1 aromatic carbocycles. The minimum atomic E-state index is -0.809. The lowest BCUT2D eigenvalue weighted by molar-refractivity contribution is -0.133. The minimum Gasteiger partial charge on any atom is -0.481 e. The van der Waals surface area contributed by atoms with Crippen molar-refractivity contribution >= 4 is 44.7 Å². The highest BCUT2D eigenvalue weighted by Crippen LogP contribution is 2.34. The lowest BCUT2D eigenvalue weighted by atomic mass is 10.3. The van der Waals surface area contributed by atoms with Gasteiger partial charge in [0, 0.05) is 11.0 Å². The molecule has 0 unspecified atom stereocenters. The maximum Gasteiger partial charge on any atom is 0.313 e. The van der Waals surface area contributed by atoms with Crippen molar-refractivity contribution in [2.45, 2.75) is 24.5 Å². The average Bonchev–Trinajstić information content (AvgIpc) is 3.10. The number of carbonyl (C=O) groups is 1. The third-order valence-corrected chi connectivity index (χ3v) is 4.59. The predicted molar refractivity (Wildman–Crippen MR) is 78.5 cm³/mol. The molecule has 0 bridgehead atoms. The minimum absolute atomic E-state index is 0.0508. The second-order valence-electron chi connectivity index (χ2n) is 4.76. The van der Waals surface area contributed by atoms with Crippen LogP contribution < -0.4 is 0 Å². The summed E-state index contributed by atoms with van der Waals surface area (Å²) in [5, 5.41) is 9.62. The summed E-state index contributed by atoms with van der Waals surface area (Å²) in [5.41, 5.74) is 2.01. The van der Waals surface area contributed by atoms with Gasteiger partial charge in [-0.2, -0.15) is 0 Å². The van der Waals surface area contributed by atoms with Crippen LogP contribution in [0.5, 0.6) is 0 Å². The number of carboxylic acids is 1. The Balaban J connectivity index is 1.99. The molecular weight excluding hydrogens is 328 g/mol. The molecule has 4 nitrogen and oxygen atoms in total. The highest BCUT2D eigenvalue weighted by molar-refractivity contribution is 9.10. The van der Waals surface area contributed by atoms with Crippen LogP contribution in [0.4, 0.5) is 0 Å². The Morgan fingerprint density at radius 3 is 3.00 bits per heavy atom. The van der Waals surface area contributed by atoms with E-state index >= 15 is 0 Å². The van der Waals surface area contributed by atoms with Crippen molar-refractivity contribution in [2.75, 3.05) is 5.75 Å². The molecule has 1 fully saturated rings. The fraction of sp³-hybridized carbons (Fsp3) is 0.385. The van der Waals surface area contributed by atoms with E-state index in [9.17, 15) is 4.79 Å². The number of hydrogen-bond acceptors (Lipinski definition) is 3. The molecule has 0 radical (unpaired) electrons. The molecule has 19 heavy (non-hydrogen) atoms. The van der Waals surface area contributed by atoms with Crippen LogP contribution in [-0.2, 0) is 11.3 Å². The van der Waals surface area contributed by atoms with Gasteiger partial charge in [-0.25, -0.2) is 4.98 Å². The standard InChI is InChI=1S/C13H13BrN2O2S/c14-9-3-4-11-10(5-9)15-13(19-7-12(17)18)16(11)6-8-1-2-8/h3-5,8H,1-2,6-7H2,(H,17,18). The predicted octanol–water partition coefficient (Wildman–Crippen LogP) is 3.39. The van der Waals surface area contributed by atoms with Gasteiger partial charge in [-0.05, 0) is 37.0 Å². The summed E-state index contributed by atoms with van der Waals surface area (Å²) in [6.45, 7) is 0.945. The third kappa shape index (κ3) is 2.95. The Bertz CT molecular complexity index is 637. The molecule has 100 valence electrons. The number of nitrogens with zero attached hydrogens (tertiary/aromatic N) is 2. The summed E-state index contributed by atoms with van der Waals surface area (Å²) >= 11 is 4.73.